The van der Waals surface area contributed by atoms with Gasteiger partial charge < -0.3 is 25.0 Å². The number of rotatable bonds is 8. The number of benzene rings is 2. The van der Waals surface area contributed by atoms with Gasteiger partial charge in [-0.2, -0.15) is 0 Å². The first-order valence-corrected chi connectivity index (χ1v) is 9.65. The molecule has 0 unspecified atom stereocenters. The fourth-order valence-corrected chi connectivity index (χ4v) is 3.44. The summed E-state index contributed by atoms with van der Waals surface area (Å²) >= 11 is 0. The summed E-state index contributed by atoms with van der Waals surface area (Å²) < 4.78 is 10.4. The maximum Gasteiger partial charge on any atom is 0.344 e. The number of nitrogens with one attached hydrogen (secondary N) is 1. The van der Waals surface area contributed by atoms with Gasteiger partial charge in [-0.1, -0.05) is 18.2 Å². The molecule has 6 nitrogen and oxygen atoms in total. The summed E-state index contributed by atoms with van der Waals surface area (Å²) in [5, 5.41) is 23.1. The van der Waals surface area contributed by atoms with Gasteiger partial charge in [-0.15, -0.1) is 12.4 Å². The minimum Gasteiger partial charge on any atom is -0.508 e. The van der Waals surface area contributed by atoms with Crippen molar-refractivity contribution < 1.29 is 24.5 Å². The smallest absolute Gasteiger partial charge is 0.344 e. The SMILES string of the molecule is CCOC(=O)COc1ccc2c(c1)C[C@@H](NC[C@@H](O)c1ccc(O)cc1)CC2.Cl. The second kappa shape index (κ2) is 11.0. The third kappa shape index (κ3) is 6.63. The van der Waals surface area contributed by atoms with E-state index >= 15 is 0 Å². The molecular weight excluding hydrogens is 394 g/mol. The highest BCUT2D eigenvalue weighted by Gasteiger charge is 2.20. The average molecular weight is 422 g/mol. The zero-order valence-electron chi connectivity index (χ0n) is 16.5. The molecule has 0 radical (unpaired) electrons. The van der Waals surface area contributed by atoms with E-state index in [2.05, 4.69) is 11.4 Å². The number of aryl methyl sites for hydroxylation is 1. The van der Waals surface area contributed by atoms with Crippen molar-refractivity contribution >= 4 is 18.4 Å². The van der Waals surface area contributed by atoms with Crippen LogP contribution in [-0.4, -0.2) is 42.0 Å². The first-order chi connectivity index (χ1) is 13.5. The van der Waals surface area contributed by atoms with Crippen LogP contribution in [0.2, 0.25) is 0 Å². The molecule has 3 N–H and O–H groups in total. The number of carbonyl (C=O) groups excluding carboxylic acids is 1. The van der Waals surface area contributed by atoms with Crippen molar-refractivity contribution in [1.29, 1.82) is 0 Å². The van der Waals surface area contributed by atoms with Crippen molar-refractivity contribution in [3.63, 3.8) is 0 Å². The first-order valence-electron chi connectivity index (χ1n) is 9.65. The topological polar surface area (TPSA) is 88.0 Å². The lowest BCUT2D eigenvalue weighted by atomic mass is 9.88. The number of phenolic OH excluding ortho intramolecular Hbond substituents is 1. The van der Waals surface area contributed by atoms with Crippen LogP contribution in [0.4, 0.5) is 0 Å². The first kappa shape index (κ1) is 23.0. The van der Waals surface area contributed by atoms with Crippen LogP contribution in [0.3, 0.4) is 0 Å². The van der Waals surface area contributed by atoms with Crippen molar-refractivity contribution in [2.24, 2.45) is 0 Å². The Kier molecular flexibility index (Phi) is 8.76. The summed E-state index contributed by atoms with van der Waals surface area (Å²) in [6.07, 6.45) is 2.17. The van der Waals surface area contributed by atoms with Crippen molar-refractivity contribution in [2.75, 3.05) is 19.8 Å². The predicted octanol–water partition coefficient (Wildman–Crippen LogP) is 2.94. The fourth-order valence-electron chi connectivity index (χ4n) is 3.44. The van der Waals surface area contributed by atoms with Crippen LogP contribution in [0.1, 0.15) is 36.1 Å². The Morgan fingerprint density at radius 2 is 1.97 bits per heavy atom. The van der Waals surface area contributed by atoms with Gasteiger partial charge in [-0.05, 0) is 67.1 Å². The number of ether oxygens (including phenoxy) is 2. The van der Waals surface area contributed by atoms with Crippen LogP contribution >= 0.6 is 12.4 Å². The number of carbonyl (C=O) groups is 1. The van der Waals surface area contributed by atoms with Crippen LogP contribution in [0, 0.1) is 0 Å². The number of hydrogen-bond donors (Lipinski definition) is 3. The predicted molar refractivity (Wildman–Crippen MR) is 113 cm³/mol. The normalized spacial score (nSPS) is 16.3. The lowest BCUT2D eigenvalue weighted by Crippen LogP contribution is -2.37. The van der Waals surface area contributed by atoms with Crippen LogP contribution in [0.5, 0.6) is 11.5 Å². The molecule has 0 amide bonds. The number of aliphatic hydroxyl groups excluding tert-OH is 1. The van der Waals surface area contributed by atoms with Crippen molar-refractivity contribution in [3.8, 4) is 11.5 Å². The molecule has 158 valence electrons. The van der Waals surface area contributed by atoms with Crippen molar-refractivity contribution in [2.45, 2.75) is 38.3 Å². The molecular formula is C22H28ClNO5. The lowest BCUT2D eigenvalue weighted by Gasteiger charge is -2.27. The summed E-state index contributed by atoms with van der Waals surface area (Å²) in [5.41, 5.74) is 3.26. The zero-order valence-corrected chi connectivity index (χ0v) is 17.3. The number of phenols is 1. The third-order valence-electron chi connectivity index (χ3n) is 4.95. The van der Waals surface area contributed by atoms with E-state index in [0.717, 1.165) is 24.8 Å². The molecule has 0 saturated heterocycles. The van der Waals surface area contributed by atoms with E-state index in [-0.39, 0.29) is 36.8 Å². The van der Waals surface area contributed by atoms with E-state index in [1.54, 1.807) is 31.2 Å². The van der Waals surface area contributed by atoms with Crippen LogP contribution in [0.15, 0.2) is 42.5 Å². The Morgan fingerprint density at radius 3 is 2.69 bits per heavy atom. The van der Waals surface area contributed by atoms with Gasteiger partial charge in [0.15, 0.2) is 6.61 Å². The molecule has 0 spiro atoms. The van der Waals surface area contributed by atoms with Crippen molar-refractivity contribution in [3.05, 3.63) is 59.2 Å². The van der Waals surface area contributed by atoms with E-state index < -0.39 is 6.10 Å². The van der Waals surface area contributed by atoms with E-state index in [4.69, 9.17) is 9.47 Å². The van der Waals surface area contributed by atoms with Crippen molar-refractivity contribution in [1.82, 2.24) is 5.32 Å². The van der Waals surface area contributed by atoms with Gasteiger partial charge in [-0.3, -0.25) is 0 Å². The lowest BCUT2D eigenvalue weighted by molar-refractivity contribution is -0.145. The van der Waals surface area contributed by atoms with Gasteiger partial charge in [0.25, 0.3) is 0 Å². The number of hydrogen-bond acceptors (Lipinski definition) is 6. The standard InChI is InChI=1S/C22H27NO5.ClH/c1-2-27-22(26)14-28-20-10-6-15-3-7-18(11-17(15)12-20)23-13-21(25)16-4-8-19(24)9-5-16;/h4-6,8-10,12,18,21,23-25H,2-3,7,11,13-14H2,1H3;1H/t18-,21+;/m0./s1. The molecule has 0 fully saturated rings. The molecule has 0 bridgehead atoms. The number of aliphatic hydroxyl groups is 1. The van der Waals surface area contributed by atoms with Crippen LogP contribution in [-0.2, 0) is 22.4 Å². The van der Waals surface area contributed by atoms with Gasteiger partial charge >= 0.3 is 5.97 Å². The summed E-state index contributed by atoms with van der Waals surface area (Å²) in [4.78, 5) is 11.4. The number of fused-ring (bicyclic) bond motifs is 1. The van der Waals surface area contributed by atoms with E-state index in [1.165, 1.54) is 11.1 Å². The zero-order chi connectivity index (χ0) is 19.9. The second-order valence-electron chi connectivity index (χ2n) is 6.98. The van der Waals surface area contributed by atoms with E-state index in [0.29, 0.717) is 18.9 Å². The Labute approximate surface area is 177 Å². The largest absolute Gasteiger partial charge is 0.508 e. The Hall–Kier alpha value is -2.28. The van der Waals surface area contributed by atoms with E-state index in [9.17, 15) is 15.0 Å². The van der Waals surface area contributed by atoms with Gasteiger partial charge in [-0.25, -0.2) is 4.79 Å². The molecule has 7 heteroatoms. The molecule has 29 heavy (non-hydrogen) atoms. The Morgan fingerprint density at radius 1 is 1.21 bits per heavy atom. The molecule has 2 atom stereocenters. The van der Waals surface area contributed by atoms with Gasteiger partial charge in [0.1, 0.15) is 11.5 Å². The molecule has 1 aliphatic rings. The molecule has 0 aliphatic heterocycles. The Bertz CT molecular complexity index is 796. The summed E-state index contributed by atoms with van der Waals surface area (Å²) in [5.74, 6) is 0.480. The molecule has 0 saturated carbocycles. The number of halogens is 1. The van der Waals surface area contributed by atoms with Crippen LogP contribution < -0.4 is 10.1 Å². The summed E-state index contributed by atoms with van der Waals surface area (Å²) in [6, 6.07) is 12.8. The minimum atomic E-state index is -0.624. The molecule has 0 heterocycles. The third-order valence-corrected chi connectivity index (χ3v) is 4.95. The monoisotopic (exact) mass is 421 g/mol. The van der Waals surface area contributed by atoms with Gasteiger partial charge in [0, 0.05) is 12.6 Å². The maximum absolute atomic E-state index is 11.4. The maximum atomic E-state index is 11.4. The highest BCUT2D eigenvalue weighted by Crippen LogP contribution is 2.26. The highest BCUT2D eigenvalue weighted by molar-refractivity contribution is 5.85. The number of aromatic hydroxyl groups is 1. The minimum absolute atomic E-state index is 0. The molecule has 3 rings (SSSR count). The Balaban J connectivity index is 0.00000300. The average Bonchev–Trinajstić information content (AvgIpc) is 2.71. The van der Waals surface area contributed by atoms with Gasteiger partial charge in [0.05, 0.1) is 12.7 Å². The highest BCUT2D eigenvalue weighted by atomic mass is 35.5. The van der Waals surface area contributed by atoms with Gasteiger partial charge in [0.2, 0.25) is 0 Å². The molecule has 2 aromatic carbocycles. The molecule has 1 aliphatic carbocycles. The fraction of sp³-hybridized carbons (Fsp3) is 0.409. The number of esters is 1. The second-order valence-corrected chi connectivity index (χ2v) is 6.98. The van der Waals surface area contributed by atoms with E-state index in [1.807, 2.05) is 12.1 Å². The summed E-state index contributed by atoms with van der Waals surface area (Å²) in [7, 11) is 0. The van der Waals surface area contributed by atoms with Crippen LogP contribution in [0.25, 0.3) is 0 Å². The quantitative estimate of drug-likeness (QED) is 0.568. The molecule has 2 aromatic rings. The summed E-state index contributed by atoms with van der Waals surface area (Å²) in [6.45, 7) is 2.47. The molecule has 0 aromatic heterocycles.